The van der Waals surface area contributed by atoms with Crippen molar-refractivity contribution in [2.45, 2.75) is 0 Å². The third kappa shape index (κ3) is 3.14. The predicted molar refractivity (Wildman–Crippen MR) is 68.7 cm³/mol. The van der Waals surface area contributed by atoms with Crippen molar-refractivity contribution in [2.24, 2.45) is 0 Å². The fourth-order valence-electron chi connectivity index (χ4n) is 1.57. The number of halogens is 2. The van der Waals surface area contributed by atoms with Crippen molar-refractivity contribution in [1.29, 1.82) is 0 Å². The largest absolute Gasteiger partial charge is 0.465 e. The summed E-state index contributed by atoms with van der Waals surface area (Å²) in [4.78, 5) is 25.1. The van der Waals surface area contributed by atoms with Gasteiger partial charge < -0.3 is 9.47 Å². The lowest BCUT2D eigenvalue weighted by molar-refractivity contribution is -0.385. The predicted octanol–water partition coefficient (Wildman–Crippen LogP) is 2.85. The fraction of sp³-hybridized carbons (Fsp3) is 0.0769. The normalized spacial score (nSPS) is 10.1. The third-order valence-electron chi connectivity index (χ3n) is 2.57. The van der Waals surface area contributed by atoms with E-state index in [4.69, 9.17) is 4.74 Å². The minimum absolute atomic E-state index is 0.281. The molecule has 0 bridgehead atoms. The lowest BCUT2D eigenvalue weighted by atomic mass is 10.2. The summed E-state index contributed by atoms with van der Waals surface area (Å²) in [6, 6.07) is 3.52. The van der Waals surface area contributed by atoms with E-state index in [1.165, 1.54) is 0 Å². The van der Waals surface area contributed by atoms with Crippen molar-refractivity contribution in [3.63, 3.8) is 0 Å². The molecule has 9 heteroatoms. The number of nitro groups is 1. The molecule has 0 N–H and O–H groups in total. The van der Waals surface area contributed by atoms with Crippen LogP contribution < -0.4 is 4.74 Å². The number of carbonyl (C=O) groups is 1. The molecule has 0 aliphatic heterocycles. The molecule has 0 spiro atoms. The van der Waals surface area contributed by atoms with E-state index in [1.54, 1.807) is 0 Å². The summed E-state index contributed by atoms with van der Waals surface area (Å²) in [6.45, 7) is 0. The number of esters is 1. The molecular weight excluding hydrogens is 302 g/mol. The Bertz CT molecular complexity index is 751. The smallest absolute Gasteiger partial charge is 0.345 e. The fourth-order valence-corrected chi connectivity index (χ4v) is 1.57. The van der Waals surface area contributed by atoms with E-state index in [0.29, 0.717) is 6.07 Å². The number of aromatic nitrogens is 1. The Hall–Kier alpha value is -3.10. The van der Waals surface area contributed by atoms with Gasteiger partial charge in [-0.05, 0) is 12.1 Å². The second-order valence-corrected chi connectivity index (χ2v) is 3.97. The Morgan fingerprint density at radius 3 is 2.64 bits per heavy atom. The Labute approximate surface area is 122 Å². The summed E-state index contributed by atoms with van der Waals surface area (Å²) in [7, 11) is 1.05. The van der Waals surface area contributed by atoms with Crippen molar-refractivity contribution in [3.05, 3.63) is 57.8 Å². The molecule has 22 heavy (non-hydrogen) atoms. The zero-order chi connectivity index (χ0) is 16.3. The van der Waals surface area contributed by atoms with Crippen LogP contribution in [0.5, 0.6) is 11.6 Å². The van der Waals surface area contributed by atoms with Crippen molar-refractivity contribution in [3.8, 4) is 11.6 Å². The van der Waals surface area contributed by atoms with Crippen molar-refractivity contribution in [2.75, 3.05) is 7.11 Å². The molecule has 0 saturated carbocycles. The molecule has 1 aromatic heterocycles. The number of hydrogen-bond donors (Lipinski definition) is 0. The monoisotopic (exact) mass is 310 g/mol. The highest BCUT2D eigenvalue weighted by Crippen LogP contribution is 2.27. The number of benzene rings is 1. The average molecular weight is 310 g/mol. The van der Waals surface area contributed by atoms with Gasteiger partial charge in [-0.3, -0.25) is 10.1 Å². The molecule has 2 rings (SSSR count). The lowest BCUT2D eigenvalue weighted by Crippen LogP contribution is -2.07. The number of hydrogen-bond acceptors (Lipinski definition) is 6. The van der Waals surface area contributed by atoms with E-state index < -0.39 is 33.8 Å². The SMILES string of the molecule is COC(=O)c1cc(Oc2ccc(F)cc2F)ncc1[N+](=O)[O-]. The highest BCUT2D eigenvalue weighted by Gasteiger charge is 2.23. The third-order valence-corrected chi connectivity index (χ3v) is 2.57. The van der Waals surface area contributed by atoms with Gasteiger partial charge in [-0.25, -0.2) is 18.6 Å². The van der Waals surface area contributed by atoms with Crippen LogP contribution in [-0.4, -0.2) is 23.0 Å². The highest BCUT2D eigenvalue weighted by molar-refractivity contribution is 5.93. The van der Waals surface area contributed by atoms with Crippen LogP contribution in [0, 0.1) is 21.7 Å². The minimum Gasteiger partial charge on any atom is -0.465 e. The summed E-state index contributed by atoms with van der Waals surface area (Å²) in [6.07, 6.45) is 0.781. The zero-order valence-corrected chi connectivity index (χ0v) is 11.1. The summed E-state index contributed by atoms with van der Waals surface area (Å²) in [5, 5.41) is 10.8. The number of pyridine rings is 1. The van der Waals surface area contributed by atoms with E-state index in [9.17, 15) is 23.7 Å². The minimum atomic E-state index is -0.986. The van der Waals surface area contributed by atoms with E-state index in [-0.39, 0.29) is 11.6 Å². The number of methoxy groups -OCH3 is 1. The summed E-state index contributed by atoms with van der Waals surface area (Å²) in [5.41, 5.74) is -0.987. The van der Waals surface area contributed by atoms with Gasteiger partial charge in [0.25, 0.3) is 0 Å². The number of ether oxygens (including phenoxy) is 2. The first kappa shape index (κ1) is 15.3. The summed E-state index contributed by atoms with van der Waals surface area (Å²) < 4.78 is 35.7. The van der Waals surface area contributed by atoms with Crippen molar-refractivity contribution >= 4 is 11.7 Å². The molecule has 0 radical (unpaired) electrons. The molecule has 1 aromatic carbocycles. The van der Waals surface area contributed by atoms with Gasteiger partial charge in [0.2, 0.25) is 5.88 Å². The maximum atomic E-state index is 13.5. The van der Waals surface area contributed by atoms with Crippen LogP contribution in [0.2, 0.25) is 0 Å². The van der Waals surface area contributed by atoms with Crippen molar-refractivity contribution < 1.29 is 28.0 Å². The van der Waals surface area contributed by atoms with Crippen LogP contribution in [0.25, 0.3) is 0 Å². The van der Waals surface area contributed by atoms with Crippen molar-refractivity contribution in [1.82, 2.24) is 4.98 Å². The summed E-state index contributed by atoms with van der Waals surface area (Å²) in [5.74, 6) is -3.38. The second-order valence-electron chi connectivity index (χ2n) is 3.97. The first-order valence-corrected chi connectivity index (χ1v) is 5.78. The second kappa shape index (κ2) is 6.12. The van der Waals surface area contributed by atoms with Gasteiger partial charge in [-0.15, -0.1) is 0 Å². The van der Waals surface area contributed by atoms with Gasteiger partial charge in [-0.1, -0.05) is 0 Å². The van der Waals surface area contributed by atoms with Gasteiger partial charge in [0.05, 0.1) is 12.0 Å². The average Bonchev–Trinajstić information content (AvgIpc) is 2.49. The molecule has 0 fully saturated rings. The van der Waals surface area contributed by atoms with Crippen LogP contribution in [0.3, 0.4) is 0 Å². The van der Waals surface area contributed by atoms with Gasteiger partial charge in [0.15, 0.2) is 11.6 Å². The Morgan fingerprint density at radius 2 is 2.05 bits per heavy atom. The molecule has 0 aliphatic rings. The topological polar surface area (TPSA) is 91.6 Å². The Balaban J connectivity index is 2.40. The molecule has 0 saturated heterocycles. The van der Waals surface area contributed by atoms with Crippen LogP contribution in [0.1, 0.15) is 10.4 Å². The van der Waals surface area contributed by atoms with E-state index >= 15 is 0 Å². The molecule has 1 heterocycles. The highest BCUT2D eigenvalue weighted by atomic mass is 19.1. The van der Waals surface area contributed by atoms with E-state index in [0.717, 1.165) is 31.5 Å². The first-order chi connectivity index (χ1) is 10.4. The maximum absolute atomic E-state index is 13.5. The Morgan fingerprint density at radius 1 is 1.32 bits per heavy atom. The number of nitrogens with zero attached hydrogens (tertiary/aromatic N) is 2. The molecule has 0 aliphatic carbocycles. The number of rotatable bonds is 4. The molecule has 2 aromatic rings. The van der Waals surface area contributed by atoms with Crippen LogP contribution in [0.15, 0.2) is 30.5 Å². The molecule has 0 atom stereocenters. The van der Waals surface area contributed by atoms with Gasteiger partial charge in [0, 0.05) is 12.1 Å². The maximum Gasteiger partial charge on any atom is 0.345 e. The molecule has 0 unspecified atom stereocenters. The van der Waals surface area contributed by atoms with E-state index in [1.807, 2.05) is 0 Å². The van der Waals surface area contributed by atoms with Gasteiger partial charge in [-0.2, -0.15) is 0 Å². The van der Waals surface area contributed by atoms with Crippen LogP contribution in [0.4, 0.5) is 14.5 Å². The lowest BCUT2D eigenvalue weighted by Gasteiger charge is -2.07. The van der Waals surface area contributed by atoms with Gasteiger partial charge in [0.1, 0.15) is 17.6 Å². The summed E-state index contributed by atoms with van der Waals surface area (Å²) >= 11 is 0. The van der Waals surface area contributed by atoms with Crippen LogP contribution in [-0.2, 0) is 4.74 Å². The zero-order valence-electron chi connectivity index (χ0n) is 11.1. The number of carbonyl (C=O) groups excluding carboxylic acids is 1. The quantitative estimate of drug-likeness (QED) is 0.490. The Kier molecular flexibility index (Phi) is 4.25. The van der Waals surface area contributed by atoms with Gasteiger partial charge >= 0.3 is 11.7 Å². The molecule has 7 nitrogen and oxygen atoms in total. The van der Waals surface area contributed by atoms with Crippen LogP contribution >= 0.6 is 0 Å². The molecule has 0 amide bonds. The first-order valence-electron chi connectivity index (χ1n) is 5.78. The van der Waals surface area contributed by atoms with E-state index in [2.05, 4.69) is 9.72 Å². The standard InChI is InChI=1S/C13H8F2N2O5/c1-21-13(18)8-5-12(16-6-10(8)17(19)20)22-11-3-2-7(14)4-9(11)15/h2-6H,1H3. The molecule has 114 valence electrons. The molecular formula is C13H8F2N2O5.